The lowest BCUT2D eigenvalue weighted by molar-refractivity contribution is -0.0369. The van der Waals surface area contributed by atoms with Crippen LogP contribution in [0.1, 0.15) is 34.6 Å². The van der Waals surface area contributed by atoms with Gasteiger partial charge in [0.15, 0.2) is 0 Å². The second kappa shape index (κ2) is 9.32. The Bertz CT molecular complexity index is 1310. The molecule has 176 valence electrons. The molecule has 11 heteroatoms. The van der Waals surface area contributed by atoms with Gasteiger partial charge in [0.2, 0.25) is 0 Å². The third kappa shape index (κ3) is 4.68. The quantitative estimate of drug-likeness (QED) is 0.409. The van der Waals surface area contributed by atoms with Gasteiger partial charge in [-0.15, -0.1) is 0 Å². The number of nitrogens with one attached hydrogen (secondary N) is 1. The van der Waals surface area contributed by atoms with Crippen LogP contribution in [0.2, 0.25) is 5.02 Å². The Balaban J connectivity index is 1.68. The van der Waals surface area contributed by atoms with Crippen LogP contribution < -0.4 is 5.32 Å². The molecular weight excluding hydrogens is 466 g/mol. The van der Waals surface area contributed by atoms with Gasteiger partial charge in [0, 0.05) is 28.5 Å². The van der Waals surface area contributed by atoms with Crippen LogP contribution in [0, 0.1) is 18.6 Å². The summed E-state index contributed by atoms with van der Waals surface area (Å²) in [6.07, 6.45) is 4.13. The maximum absolute atomic E-state index is 14.8. The van der Waals surface area contributed by atoms with Gasteiger partial charge in [-0.1, -0.05) is 17.7 Å². The molecule has 0 aliphatic rings. The Morgan fingerprint density at radius 1 is 1.24 bits per heavy atom. The van der Waals surface area contributed by atoms with E-state index in [4.69, 9.17) is 11.6 Å². The fourth-order valence-corrected chi connectivity index (χ4v) is 3.82. The molecule has 0 aliphatic carbocycles. The molecule has 0 radical (unpaired) electrons. The third-order valence-electron chi connectivity index (χ3n) is 5.62. The number of carbonyl (C=O) groups excluding carboxylic acids is 1. The SMILES string of the molecule is Cc1nn([C@H](C)[C@](O)(Cn2cncn2)c2ccc(F)cc2F)cc1C(=O)Nc1ccc(Cl)cc1. The van der Waals surface area contributed by atoms with Gasteiger partial charge in [-0.3, -0.25) is 9.48 Å². The molecule has 2 heterocycles. The average molecular weight is 487 g/mol. The standard InChI is InChI=1S/C23H21ClF2N6O2/c1-14-19(22(33)29-18-6-3-16(24)4-7-18)10-32(30-14)15(2)23(34,11-31-13-27-12-28-31)20-8-5-17(25)9-21(20)26/h3-10,12-13,15,34H,11H2,1-2H3,(H,29,33)/t15-,23-/m1/s1. The van der Waals surface area contributed by atoms with Crippen molar-refractivity contribution in [3.63, 3.8) is 0 Å². The van der Waals surface area contributed by atoms with Gasteiger partial charge in [-0.05, 0) is 44.2 Å². The molecule has 0 unspecified atom stereocenters. The summed E-state index contributed by atoms with van der Waals surface area (Å²) >= 11 is 5.89. The maximum atomic E-state index is 14.8. The Kier molecular flexibility index (Phi) is 6.45. The van der Waals surface area contributed by atoms with Crippen LogP contribution in [-0.4, -0.2) is 35.6 Å². The first-order chi connectivity index (χ1) is 16.2. The molecule has 8 nitrogen and oxygen atoms in total. The largest absolute Gasteiger partial charge is 0.381 e. The second-order valence-electron chi connectivity index (χ2n) is 7.89. The summed E-state index contributed by atoms with van der Waals surface area (Å²) in [6, 6.07) is 8.70. The van der Waals surface area contributed by atoms with Gasteiger partial charge in [-0.2, -0.15) is 10.2 Å². The van der Waals surface area contributed by atoms with E-state index in [1.165, 1.54) is 34.3 Å². The summed E-state index contributed by atoms with van der Waals surface area (Å²) in [5.41, 5.74) is -0.832. The van der Waals surface area contributed by atoms with E-state index in [-0.39, 0.29) is 17.7 Å². The number of aromatic nitrogens is 5. The van der Waals surface area contributed by atoms with Gasteiger partial charge in [0.05, 0.1) is 23.8 Å². The first-order valence-electron chi connectivity index (χ1n) is 10.3. The summed E-state index contributed by atoms with van der Waals surface area (Å²) < 4.78 is 31.1. The van der Waals surface area contributed by atoms with Gasteiger partial charge >= 0.3 is 0 Å². The van der Waals surface area contributed by atoms with E-state index in [1.807, 2.05) is 0 Å². The lowest BCUT2D eigenvalue weighted by Gasteiger charge is -2.34. The molecular formula is C23H21ClF2N6O2. The highest BCUT2D eigenvalue weighted by atomic mass is 35.5. The van der Waals surface area contributed by atoms with Crippen LogP contribution >= 0.6 is 11.6 Å². The van der Waals surface area contributed by atoms with Crippen LogP contribution in [0.3, 0.4) is 0 Å². The van der Waals surface area contributed by atoms with Gasteiger partial charge in [0.25, 0.3) is 5.91 Å². The van der Waals surface area contributed by atoms with E-state index in [0.717, 1.165) is 6.07 Å². The van der Waals surface area contributed by atoms with Crippen molar-refractivity contribution in [2.45, 2.75) is 32.0 Å². The highest BCUT2D eigenvalue weighted by Gasteiger charge is 2.41. The van der Waals surface area contributed by atoms with Crippen molar-refractivity contribution in [1.82, 2.24) is 24.5 Å². The number of aryl methyl sites for hydroxylation is 1. The molecule has 4 rings (SSSR count). The number of hydrogen-bond donors (Lipinski definition) is 2. The second-order valence-corrected chi connectivity index (χ2v) is 8.32. The minimum Gasteiger partial charge on any atom is -0.381 e. The van der Waals surface area contributed by atoms with Gasteiger partial charge in [0.1, 0.15) is 29.9 Å². The summed E-state index contributed by atoms with van der Waals surface area (Å²) in [5.74, 6) is -2.10. The molecule has 0 saturated heterocycles. The molecule has 2 aromatic heterocycles. The van der Waals surface area contributed by atoms with Gasteiger partial charge in [-0.25, -0.2) is 18.4 Å². The van der Waals surface area contributed by atoms with Crippen LogP contribution in [0.5, 0.6) is 0 Å². The Morgan fingerprint density at radius 2 is 1.97 bits per heavy atom. The van der Waals surface area contributed by atoms with Crippen LogP contribution in [0.15, 0.2) is 61.3 Å². The molecule has 2 atom stereocenters. The Labute approximate surface area is 198 Å². The molecule has 0 spiro atoms. The smallest absolute Gasteiger partial charge is 0.259 e. The maximum Gasteiger partial charge on any atom is 0.259 e. The van der Waals surface area contributed by atoms with Crippen molar-refractivity contribution in [3.05, 3.63) is 94.8 Å². The van der Waals surface area contributed by atoms with Crippen molar-refractivity contribution >= 4 is 23.2 Å². The van der Waals surface area contributed by atoms with Crippen molar-refractivity contribution in [2.24, 2.45) is 0 Å². The number of benzene rings is 2. The van der Waals surface area contributed by atoms with E-state index < -0.39 is 29.2 Å². The average Bonchev–Trinajstić information content (AvgIpc) is 3.44. The summed E-state index contributed by atoms with van der Waals surface area (Å²) in [4.78, 5) is 16.7. The minimum atomic E-state index is -1.91. The fraction of sp³-hybridized carbons (Fsp3) is 0.217. The molecule has 1 amide bonds. The Morgan fingerprint density at radius 3 is 2.62 bits per heavy atom. The van der Waals surface area contributed by atoms with Gasteiger partial charge < -0.3 is 10.4 Å². The highest BCUT2D eigenvalue weighted by molar-refractivity contribution is 6.30. The zero-order valence-corrected chi connectivity index (χ0v) is 19.0. The normalized spacial score (nSPS) is 13.9. The first kappa shape index (κ1) is 23.5. The number of carbonyl (C=O) groups is 1. The topological polar surface area (TPSA) is 97.9 Å². The monoisotopic (exact) mass is 486 g/mol. The highest BCUT2D eigenvalue weighted by Crippen LogP contribution is 2.36. The van der Waals surface area contributed by atoms with E-state index in [0.29, 0.717) is 22.5 Å². The van der Waals surface area contributed by atoms with E-state index in [9.17, 15) is 18.7 Å². The molecule has 0 bridgehead atoms. The summed E-state index contributed by atoms with van der Waals surface area (Å²) in [7, 11) is 0. The van der Waals surface area contributed by atoms with Crippen LogP contribution in [0.4, 0.5) is 14.5 Å². The minimum absolute atomic E-state index is 0.141. The molecule has 0 aliphatic heterocycles. The lowest BCUT2D eigenvalue weighted by atomic mass is 9.86. The van der Waals surface area contributed by atoms with E-state index >= 15 is 0 Å². The number of halogens is 3. The van der Waals surface area contributed by atoms with Crippen LogP contribution in [0.25, 0.3) is 0 Å². The van der Waals surface area contributed by atoms with Crippen LogP contribution in [-0.2, 0) is 12.1 Å². The van der Waals surface area contributed by atoms with Crippen molar-refractivity contribution < 1.29 is 18.7 Å². The lowest BCUT2D eigenvalue weighted by Crippen LogP contribution is -2.41. The number of rotatable bonds is 7. The zero-order valence-electron chi connectivity index (χ0n) is 18.3. The zero-order chi connectivity index (χ0) is 24.5. The first-order valence-corrected chi connectivity index (χ1v) is 10.7. The predicted molar refractivity (Wildman–Crippen MR) is 121 cm³/mol. The third-order valence-corrected chi connectivity index (χ3v) is 5.87. The molecule has 2 N–H and O–H groups in total. The molecule has 4 aromatic rings. The number of anilines is 1. The summed E-state index contributed by atoms with van der Waals surface area (Å²) in [6.45, 7) is 3.07. The number of aliphatic hydroxyl groups is 1. The molecule has 0 fully saturated rings. The number of nitrogens with zero attached hydrogens (tertiary/aromatic N) is 5. The van der Waals surface area contributed by atoms with Crippen molar-refractivity contribution in [3.8, 4) is 0 Å². The molecule has 34 heavy (non-hydrogen) atoms. The summed E-state index contributed by atoms with van der Waals surface area (Å²) in [5, 5.41) is 23.4. The Hall–Kier alpha value is -3.63. The van der Waals surface area contributed by atoms with Crippen molar-refractivity contribution in [2.75, 3.05) is 5.32 Å². The fourth-order valence-electron chi connectivity index (χ4n) is 3.70. The predicted octanol–water partition coefficient (Wildman–Crippen LogP) is 4.12. The van der Waals surface area contributed by atoms with E-state index in [1.54, 1.807) is 38.1 Å². The number of amides is 1. The van der Waals surface area contributed by atoms with E-state index in [2.05, 4.69) is 20.5 Å². The molecule has 2 aromatic carbocycles. The number of hydrogen-bond acceptors (Lipinski definition) is 5. The van der Waals surface area contributed by atoms with Crippen molar-refractivity contribution in [1.29, 1.82) is 0 Å². The molecule has 0 saturated carbocycles.